The van der Waals surface area contributed by atoms with Crippen LogP contribution in [0.3, 0.4) is 0 Å². The second-order valence-electron chi connectivity index (χ2n) is 6.94. The van der Waals surface area contributed by atoms with Gasteiger partial charge in [0.1, 0.15) is 5.75 Å². The molecule has 0 aliphatic carbocycles. The van der Waals surface area contributed by atoms with E-state index in [1.807, 2.05) is 0 Å². The molecule has 2 aromatic rings. The van der Waals surface area contributed by atoms with Gasteiger partial charge in [0, 0.05) is 38.3 Å². The average molecular weight is 434 g/mol. The first kappa shape index (κ1) is 23.2. The molecule has 0 aromatic heterocycles. The Morgan fingerprint density at radius 2 is 1.67 bits per heavy atom. The molecule has 0 unspecified atom stereocenters. The van der Waals surface area contributed by atoms with Crippen LogP contribution in [-0.4, -0.2) is 59.1 Å². The van der Waals surface area contributed by atoms with Gasteiger partial charge >= 0.3 is 0 Å². The molecule has 0 fully saturated rings. The highest BCUT2D eigenvalue weighted by atomic mass is 32.2. The maximum atomic E-state index is 12.3. The van der Waals surface area contributed by atoms with Crippen LogP contribution in [0, 0.1) is 0 Å². The lowest BCUT2D eigenvalue weighted by Gasteiger charge is -2.24. The van der Waals surface area contributed by atoms with Gasteiger partial charge in [-0.2, -0.15) is 0 Å². The van der Waals surface area contributed by atoms with Gasteiger partial charge < -0.3 is 15.0 Å². The number of benzene rings is 2. The summed E-state index contributed by atoms with van der Waals surface area (Å²) in [5.41, 5.74) is 1.53. The second kappa shape index (κ2) is 10.1. The molecule has 2 aromatic carbocycles. The molecule has 9 heteroatoms. The van der Waals surface area contributed by atoms with Gasteiger partial charge in [0.2, 0.25) is 15.9 Å². The van der Waals surface area contributed by atoms with Crippen molar-refractivity contribution in [3.63, 3.8) is 0 Å². The number of para-hydroxylation sites is 2. The van der Waals surface area contributed by atoms with Gasteiger partial charge in [0.05, 0.1) is 19.1 Å². The van der Waals surface area contributed by atoms with E-state index in [0.29, 0.717) is 29.1 Å². The number of hydrogen-bond acceptors (Lipinski definition) is 5. The van der Waals surface area contributed by atoms with Crippen LogP contribution < -0.4 is 14.4 Å². The zero-order valence-corrected chi connectivity index (χ0v) is 18.4. The number of carbonyl (C=O) groups excluding carboxylic acids is 2. The molecular weight excluding hydrogens is 406 g/mol. The molecule has 0 saturated heterocycles. The summed E-state index contributed by atoms with van der Waals surface area (Å²) in [6.45, 7) is 0.142. The molecule has 162 valence electrons. The summed E-state index contributed by atoms with van der Waals surface area (Å²) in [7, 11) is 1.27. The van der Waals surface area contributed by atoms with E-state index in [9.17, 15) is 18.0 Å². The number of carbonyl (C=O) groups is 2. The second-order valence-corrected chi connectivity index (χ2v) is 8.84. The van der Waals surface area contributed by atoms with Gasteiger partial charge in [-0.3, -0.25) is 13.9 Å². The first-order valence-electron chi connectivity index (χ1n) is 9.35. The normalized spacial score (nSPS) is 10.9. The third kappa shape index (κ3) is 6.21. The lowest BCUT2D eigenvalue weighted by atomic mass is 10.2. The molecule has 0 aliphatic heterocycles. The quantitative estimate of drug-likeness (QED) is 0.656. The van der Waals surface area contributed by atoms with Gasteiger partial charge in [0.25, 0.3) is 5.91 Å². The van der Waals surface area contributed by atoms with Crippen molar-refractivity contribution < 1.29 is 22.7 Å². The van der Waals surface area contributed by atoms with Crippen LogP contribution in [0.4, 0.5) is 11.4 Å². The molecule has 30 heavy (non-hydrogen) atoms. The van der Waals surface area contributed by atoms with Crippen molar-refractivity contribution >= 4 is 33.2 Å². The fraction of sp³-hybridized carbons (Fsp3) is 0.333. The number of rotatable bonds is 9. The summed E-state index contributed by atoms with van der Waals surface area (Å²) in [4.78, 5) is 25.6. The highest BCUT2D eigenvalue weighted by Gasteiger charge is 2.20. The maximum absolute atomic E-state index is 12.3. The molecule has 0 spiro atoms. The van der Waals surface area contributed by atoms with Crippen LogP contribution >= 0.6 is 0 Å². The van der Waals surface area contributed by atoms with Gasteiger partial charge in [0.15, 0.2) is 0 Å². The average Bonchev–Trinajstić information content (AvgIpc) is 2.70. The fourth-order valence-electron chi connectivity index (χ4n) is 2.86. The fourth-order valence-corrected chi connectivity index (χ4v) is 3.83. The van der Waals surface area contributed by atoms with E-state index < -0.39 is 10.0 Å². The number of nitrogens with one attached hydrogen (secondary N) is 1. The Morgan fingerprint density at radius 1 is 1.03 bits per heavy atom. The lowest BCUT2D eigenvalue weighted by molar-refractivity contribution is -0.116. The highest BCUT2D eigenvalue weighted by molar-refractivity contribution is 7.92. The summed E-state index contributed by atoms with van der Waals surface area (Å²) in [6.07, 6.45) is 1.59. The number of sulfonamides is 1. The van der Waals surface area contributed by atoms with Crippen molar-refractivity contribution in [2.45, 2.75) is 12.8 Å². The van der Waals surface area contributed by atoms with Gasteiger partial charge in [-0.1, -0.05) is 12.1 Å². The van der Waals surface area contributed by atoms with E-state index in [2.05, 4.69) is 5.32 Å². The van der Waals surface area contributed by atoms with Crippen molar-refractivity contribution in [2.75, 3.05) is 43.6 Å². The van der Waals surface area contributed by atoms with E-state index in [0.717, 1.165) is 6.26 Å². The van der Waals surface area contributed by atoms with Crippen molar-refractivity contribution in [3.05, 3.63) is 54.1 Å². The maximum Gasteiger partial charge on any atom is 0.253 e. The van der Waals surface area contributed by atoms with Gasteiger partial charge in [-0.15, -0.1) is 0 Å². The van der Waals surface area contributed by atoms with Crippen LogP contribution in [0.1, 0.15) is 23.2 Å². The Kier molecular flexibility index (Phi) is 7.82. The number of ether oxygens (including phenoxy) is 1. The standard InChI is InChI=1S/C21H27N3O5S/c1-23(2)21(26)16-11-13-17(14-12-16)22-20(25)10-7-15-24(30(4,27)28)18-8-5-6-9-19(18)29-3/h5-6,8-9,11-14H,7,10,15H2,1-4H3,(H,22,25). The van der Waals surface area contributed by atoms with Crippen molar-refractivity contribution in [2.24, 2.45) is 0 Å². The third-order valence-corrected chi connectivity index (χ3v) is 5.52. The molecular formula is C21H27N3O5S. The molecule has 0 saturated carbocycles. The van der Waals surface area contributed by atoms with E-state index >= 15 is 0 Å². The van der Waals surface area contributed by atoms with Gasteiger partial charge in [-0.25, -0.2) is 8.42 Å². The summed E-state index contributed by atoms with van der Waals surface area (Å²) in [5, 5.41) is 2.76. The molecule has 0 atom stereocenters. The minimum Gasteiger partial charge on any atom is -0.495 e. The number of anilines is 2. The summed E-state index contributed by atoms with van der Waals surface area (Å²) in [6, 6.07) is 13.4. The van der Waals surface area contributed by atoms with E-state index in [-0.39, 0.29) is 24.8 Å². The zero-order valence-electron chi connectivity index (χ0n) is 17.6. The Morgan fingerprint density at radius 3 is 2.23 bits per heavy atom. The van der Waals surface area contributed by atoms with Crippen molar-refractivity contribution in [3.8, 4) is 5.75 Å². The largest absolute Gasteiger partial charge is 0.495 e. The monoisotopic (exact) mass is 433 g/mol. The predicted molar refractivity (Wildman–Crippen MR) is 118 cm³/mol. The molecule has 0 radical (unpaired) electrons. The smallest absolute Gasteiger partial charge is 0.253 e. The van der Waals surface area contributed by atoms with Crippen LogP contribution in [0.5, 0.6) is 5.75 Å². The van der Waals surface area contributed by atoms with Crippen molar-refractivity contribution in [1.29, 1.82) is 0 Å². The Balaban J connectivity index is 1.97. The summed E-state index contributed by atoms with van der Waals surface area (Å²) < 4.78 is 31.0. The van der Waals surface area contributed by atoms with Crippen LogP contribution in [0.25, 0.3) is 0 Å². The Bertz CT molecular complexity index is 988. The summed E-state index contributed by atoms with van der Waals surface area (Å²) >= 11 is 0. The third-order valence-electron chi connectivity index (χ3n) is 4.34. The number of nitrogens with zero attached hydrogens (tertiary/aromatic N) is 2. The zero-order chi connectivity index (χ0) is 22.3. The van der Waals surface area contributed by atoms with Gasteiger partial charge in [-0.05, 0) is 42.8 Å². The first-order chi connectivity index (χ1) is 14.1. The lowest BCUT2D eigenvalue weighted by Crippen LogP contribution is -2.31. The molecule has 8 nitrogen and oxygen atoms in total. The SMILES string of the molecule is COc1ccccc1N(CCCC(=O)Nc1ccc(C(=O)N(C)C)cc1)S(C)(=O)=O. The van der Waals surface area contributed by atoms with E-state index in [1.54, 1.807) is 62.6 Å². The molecule has 2 amide bonds. The highest BCUT2D eigenvalue weighted by Crippen LogP contribution is 2.29. The van der Waals surface area contributed by atoms with Crippen LogP contribution in [0.2, 0.25) is 0 Å². The van der Waals surface area contributed by atoms with Crippen molar-refractivity contribution in [1.82, 2.24) is 4.90 Å². The Labute approximate surface area is 177 Å². The summed E-state index contributed by atoms with van der Waals surface area (Å²) in [5.74, 6) is 0.0833. The molecule has 0 bridgehead atoms. The molecule has 0 aliphatic rings. The molecule has 2 rings (SSSR count). The number of amides is 2. The molecule has 1 N–H and O–H groups in total. The number of hydrogen-bond donors (Lipinski definition) is 1. The molecule has 0 heterocycles. The predicted octanol–water partition coefficient (Wildman–Crippen LogP) is 2.58. The van der Waals surface area contributed by atoms with E-state index in [1.165, 1.54) is 16.3 Å². The van der Waals surface area contributed by atoms with Crippen LogP contribution in [-0.2, 0) is 14.8 Å². The topological polar surface area (TPSA) is 96.0 Å². The first-order valence-corrected chi connectivity index (χ1v) is 11.2. The number of methoxy groups -OCH3 is 1. The minimum atomic E-state index is -3.54. The minimum absolute atomic E-state index is 0.120. The van der Waals surface area contributed by atoms with E-state index in [4.69, 9.17) is 4.74 Å². The van der Waals surface area contributed by atoms with Crippen LogP contribution in [0.15, 0.2) is 48.5 Å². The Hall–Kier alpha value is -3.07.